The van der Waals surface area contributed by atoms with Crippen molar-refractivity contribution in [1.29, 1.82) is 0 Å². The molecule has 2 aliphatic rings. The summed E-state index contributed by atoms with van der Waals surface area (Å²) in [6, 6.07) is 4.94. The van der Waals surface area contributed by atoms with Gasteiger partial charge in [0.15, 0.2) is 0 Å². The number of hydrogen-bond donors (Lipinski definition) is 2. The highest BCUT2D eigenvalue weighted by atomic mass is 19.1. The lowest BCUT2D eigenvalue weighted by Crippen LogP contribution is -2.43. The van der Waals surface area contributed by atoms with Crippen LogP contribution in [0.2, 0.25) is 0 Å². The van der Waals surface area contributed by atoms with Gasteiger partial charge in [0.05, 0.1) is 6.54 Å². The van der Waals surface area contributed by atoms with Crippen molar-refractivity contribution in [3.63, 3.8) is 0 Å². The van der Waals surface area contributed by atoms with Crippen LogP contribution in [0.4, 0.5) is 10.1 Å². The Hall–Kier alpha value is -2.11. The van der Waals surface area contributed by atoms with Gasteiger partial charge < -0.3 is 15.3 Å². The van der Waals surface area contributed by atoms with Crippen LogP contribution in [0, 0.1) is 5.82 Å². The Labute approximate surface area is 121 Å². The number of rotatable bonds is 4. The number of carboxylic acids is 1. The highest BCUT2D eigenvalue weighted by Crippen LogP contribution is 2.53. The number of nitrogens with one attached hydrogen (secondary N) is 1. The average molecular weight is 292 g/mol. The van der Waals surface area contributed by atoms with E-state index < -0.39 is 12.5 Å². The molecular formula is C15H17FN2O3. The predicted octanol–water partition coefficient (Wildman–Crippen LogP) is 1.27. The molecule has 6 heteroatoms. The van der Waals surface area contributed by atoms with Crippen molar-refractivity contribution < 1.29 is 19.1 Å². The van der Waals surface area contributed by atoms with Crippen LogP contribution in [0.25, 0.3) is 0 Å². The van der Waals surface area contributed by atoms with E-state index in [0.29, 0.717) is 6.54 Å². The fourth-order valence-electron chi connectivity index (χ4n) is 3.39. The Morgan fingerprint density at radius 2 is 2.14 bits per heavy atom. The Balaban J connectivity index is 1.78. The van der Waals surface area contributed by atoms with Gasteiger partial charge in [-0.15, -0.1) is 0 Å². The highest BCUT2D eigenvalue weighted by Gasteiger charge is 2.48. The fourth-order valence-corrected chi connectivity index (χ4v) is 3.39. The number of fused-ring (bicyclic) bond motifs is 2. The SMILES string of the molecule is O=C(O)CNC(=O)CN1CC2(CCC2)c2c(F)cccc21. The molecule has 1 fully saturated rings. The van der Waals surface area contributed by atoms with E-state index in [1.165, 1.54) is 6.07 Å². The van der Waals surface area contributed by atoms with Gasteiger partial charge in [-0.1, -0.05) is 12.5 Å². The number of benzene rings is 1. The fraction of sp³-hybridized carbons (Fsp3) is 0.467. The molecule has 0 saturated heterocycles. The van der Waals surface area contributed by atoms with E-state index in [0.717, 1.165) is 30.5 Å². The minimum atomic E-state index is -1.08. The van der Waals surface area contributed by atoms with Gasteiger partial charge in [0.2, 0.25) is 5.91 Å². The third-order valence-corrected chi connectivity index (χ3v) is 4.44. The number of aliphatic carboxylic acids is 1. The Bertz CT molecular complexity index is 599. The van der Waals surface area contributed by atoms with E-state index in [4.69, 9.17) is 5.11 Å². The number of carbonyl (C=O) groups is 2. The molecule has 1 saturated carbocycles. The number of nitrogens with zero attached hydrogens (tertiary/aromatic N) is 1. The molecule has 1 amide bonds. The molecule has 0 atom stereocenters. The van der Waals surface area contributed by atoms with Crippen LogP contribution >= 0.6 is 0 Å². The largest absolute Gasteiger partial charge is 0.480 e. The molecule has 21 heavy (non-hydrogen) atoms. The first-order chi connectivity index (χ1) is 10.0. The van der Waals surface area contributed by atoms with Gasteiger partial charge in [-0.3, -0.25) is 9.59 Å². The molecule has 0 aromatic heterocycles. The highest BCUT2D eigenvalue weighted by molar-refractivity contribution is 5.85. The molecule has 5 nitrogen and oxygen atoms in total. The summed E-state index contributed by atoms with van der Waals surface area (Å²) in [5.74, 6) is -1.64. The van der Waals surface area contributed by atoms with Crippen LogP contribution in [0.1, 0.15) is 24.8 Å². The summed E-state index contributed by atoms with van der Waals surface area (Å²) in [4.78, 5) is 24.1. The van der Waals surface area contributed by atoms with Crippen molar-refractivity contribution in [2.45, 2.75) is 24.7 Å². The van der Waals surface area contributed by atoms with E-state index >= 15 is 0 Å². The van der Waals surface area contributed by atoms with Crippen LogP contribution in [0.15, 0.2) is 18.2 Å². The van der Waals surface area contributed by atoms with Crippen LogP contribution in [0.3, 0.4) is 0 Å². The number of anilines is 1. The van der Waals surface area contributed by atoms with Crippen molar-refractivity contribution in [1.82, 2.24) is 5.32 Å². The molecule has 1 aliphatic carbocycles. The summed E-state index contributed by atoms with van der Waals surface area (Å²) in [5.41, 5.74) is 1.33. The Morgan fingerprint density at radius 3 is 2.76 bits per heavy atom. The normalized spacial score (nSPS) is 18.2. The van der Waals surface area contributed by atoms with Crippen molar-refractivity contribution in [3.05, 3.63) is 29.6 Å². The summed E-state index contributed by atoms with van der Waals surface area (Å²) < 4.78 is 14.2. The molecular weight excluding hydrogens is 275 g/mol. The molecule has 1 spiro atoms. The lowest BCUT2D eigenvalue weighted by Gasteiger charge is -2.39. The molecule has 3 rings (SSSR count). The van der Waals surface area contributed by atoms with E-state index in [-0.39, 0.29) is 23.7 Å². The third kappa shape index (κ3) is 2.34. The lowest BCUT2D eigenvalue weighted by atomic mass is 9.65. The van der Waals surface area contributed by atoms with Gasteiger partial charge in [0.25, 0.3) is 0 Å². The lowest BCUT2D eigenvalue weighted by molar-refractivity contribution is -0.137. The van der Waals surface area contributed by atoms with Crippen molar-refractivity contribution in [2.75, 3.05) is 24.5 Å². The van der Waals surface area contributed by atoms with Crippen molar-refractivity contribution in [3.8, 4) is 0 Å². The van der Waals surface area contributed by atoms with Crippen LogP contribution in [-0.4, -0.2) is 36.6 Å². The van der Waals surface area contributed by atoms with Gasteiger partial charge >= 0.3 is 5.97 Å². The van der Waals surface area contributed by atoms with E-state index in [1.54, 1.807) is 6.07 Å². The number of carboxylic acid groups (broad SMARTS) is 1. The van der Waals surface area contributed by atoms with Gasteiger partial charge in [0.1, 0.15) is 12.4 Å². The molecule has 0 radical (unpaired) electrons. The zero-order valence-corrected chi connectivity index (χ0v) is 11.6. The van der Waals surface area contributed by atoms with Gasteiger partial charge in [-0.25, -0.2) is 4.39 Å². The van der Waals surface area contributed by atoms with Crippen molar-refractivity contribution in [2.24, 2.45) is 0 Å². The summed E-state index contributed by atoms with van der Waals surface area (Å²) in [7, 11) is 0. The standard InChI is InChI=1S/C15H17FN2O3/c16-10-3-1-4-11-14(10)15(5-2-6-15)9-18(11)8-12(19)17-7-13(20)21/h1,3-4H,2,5-9H2,(H,17,19)(H,20,21). The molecule has 1 aliphatic heterocycles. The minimum absolute atomic E-state index is 0.0610. The van der Waals surface area contributed by atoms with Crippen LogP contribution in [0.5, 0.6) is 0 Å². The van der Waals surface area contributed by atoms with Gasteiger partial charge in [0, 0.05) is 23.2 Å². The zero-order valence-electron chi connectivity index (χ0n) is 11.6. The molecule has 1 heterocycles. The maximum absolute atomic E-state index is 14.2. The first-order valence-corrected chi connectivity index (χ1v) is 7.04. The minimum Gasteiger partial charge on any atom is -0.480 e. The molecule has 112 valence electrons. The van der Waals surface area contributed by atoms with Crippen LogP contribution < -0.4 is 10.2 Å². The predicted molar refractivity (Wildman–Crippen MR) is 74.8 cm³/mol. The molecule has 0 unspecified atom stereocenters. The smallest absolute Gasteiger partial charge is 0.322 e. The monoisotopic (exact) mass is 292 g/mol. The first kappa shape index (κ1) is 13.9. The van der Waals surface area contributed by atoms with E-state index in [1.807, 2.05) is 11.0 Å². The van der Waals surface area contributed by atoms with Crippen LogP contribution in [-0.2, 0) is 15.0 Å². The third-order valence-electron chi connectivity index (χ3n) is 4.44. The second-order valence-electron chi connectivity index (χ2n) is 5.79. The molecule has 2 N–H and O–H groups in total. The summed E-state index contributed by atoms with van der Waals surface area (Å²) in [6.45, 7) is 0.295. The molecule has 1 aromatic carbocycles. The number of carbonyl (C=O) groups excluding carboxylic acids is 1. The topological polar surface area (TPSA) is 69.6 Å². The Morgan fingerprint density at radius 1 is 1.38 bits per heavy atom. The van der Waals surface area contributed by atoms with Crippen molar-refractivity contribution >= 4 is 17.6 Å². The van der Waals surface area contributed by atoms with E-state index in [2.05, 4.69) is 5.32 Å². The maximum atomic E-state index is 14.2. The van der Waals surface area contributed by atoms with Gasteiger partial charge in [-0.05, 0) is 25.0 Å². The Kier molecular flexibility index (Phi) is 3.31. The average Bonchev–Trinajstić information content (AvgIpc) is 2.73. The second kappa shape index (κ2) is 5.02. The first-order valence-electron chi connectivity index (χ1n) is 7.04. The summed E-state index contributed by atoms with van der Waals surface area (Å²) >= 11 is 0. The van der Waals surface area contributed by atoms with E-state index in [9.17, 15) is 14.0 Å². The molecule has 1 aromatic rings. The molecule has 0 bridgehead atoms. The summed E-state index contributed by atoms with van der Waals surface area (Å²) in [6.07, 6.45) is 2.95. The number of halogens is 1. The second-order valence-corrected chi connectivity index (χ2v) is 5.79. The summed E-state index contributed by atoms with van der Waals surface area (Å²) in [5, 5.41) is 10.9. The zero-order chi connectivity index (χ0) is 15.0. The van der Waals surface area contributed by atoms with Gasteiger partial charge in [-0.2, -0.15) is 0 Å². The number of amides is 1. The quantitative estimate of drug-likeness (QED) is 0.877. The number of hydrogen-bond acceptors (Lipinski definition) is 3. The maximum Gasteiger partial charge on any atom is 0.322 e.